The molecule has 2 saturated heterocycles. The molecular formula is C52H61ClN6O14. The third kappa shape index (κ3) is 12.6. The highest BCUT2D eigenvalue weighted by Gasteiger charge is 2.56. The number of ether oxygens (including phenoxy) is 6. The molecule has 20 nitrogen and oxygen atoms in total. The molecule has 8 unspecified atom stereocenters. The number of alkyl carbamates (subject to hydrolysis) is 2. The molecule has 3 aliphatic heterocycles. The number of epoxide rings is 1. The van der Waals surface area contributed by atoms with Gasteiger partial charge in [0, 0.05) is 39.5 Å². The molecule has 7 rings (SSSR count). The zero-order valence-corrected chi connectivity index (χ0v) is 42.4. The Hall–Kier alpha value is -7.00. The van der Waals surface area contributed by atoms with Gasteiger partial charge in [-0.3, -0.25) is 24.5 Å². The Balaban J connectivity index is 0.945. The fraction of sp³-hybridized carbons (Fsp3) is 0.442. The molecule has 73 heavy (non-hydrogen) atoms. The SMILES string of the molecule is COc1cc2cc(c1Cl)N(C)C(=O)CC(OC(=O)C(C)N(C)C(=O)CNC(=O)CNC(=O)CNC(=O)OCC1c3ccccc3-c3ccccc31)C1OC1C(C)C1CC(O)(NC(=O)O1)C(OC)/C=C/C=C(\C)C2. The number of allylic oxidation sites excluding steroid dienone is 3. The summed E-state index contributed by atoms with van der Waals surface area (Å²) in [6.07, 6.45) is -1.39. The topological polar surface area (TPSA) is 253 Å². The average molecular weight is 1030 g/mol. The number of likely N-dealkylation sites (N-methyl/N-ethyl adjacent to an activating group) is 1. The van der Waals surface area contributed by atoms with Gasteiger partial charge in [-0.2, -0.15) is 0 Å². The largest absolute Gasteiger partial charge is 0.495 e. The smallest absolute Gasteiger partial charge is 0.409 e. The minimum Gasteiger partial charge on any atom is -0.495 e. The van der Waals surface area contributed by atoms with Crippen molar-refractivity contribution in [3.8, 4) is 16.9 Å². The van der Waals surface area contributed by atoms with Crippen molar-refractivity contribution in [3.05, 3.63) is 106 Å². The van der Waals surface area contributed by atoms with Crippen LogP contribution in [0.3, 0.4) is 0 Å². The van der Waals surface area contributed by atoms with E-state index in [1.807, 2.05) is 61.5 Å². The third-order valence-electron chi connectivity index (χ3n) is 13.6. The van der Waals surface area contributed by atoms with Crippen molar-refractivity contribution in [2.24, 2.45) is 5.92 Å². The Morgan fingerprint density at radius 3 is 2.26 bits per heavy atom. The summed E-state index contributed by atoms with van der Waals surface area (Å²) < 4.78 is 34.3. The van der Waals surface area contributed by atoms with Crippen LogP contribution in [0.25, 0.3) is 11.1 Å². The Morgan fingerprint density at radius 2 is 1.60 bits per heavy atom. The molecule has 3 aromatic rings. The van der Waals surface area contributed by atoms with Crippen molar-refractivity contribution >= 4 is 59.1 Å². The highest BCUT2D eigenvalue weighted by atomic mass is 35.5. The first-order chi connectivity index (χ1) is 34.8. The van der Waals surface area contributed by atoms with E-state index in [2.05, 4.69) is 21.3 Å². The van der Waals surface area contributed by atoms with Gasteiger partial charge in [0.2, 0.25) is 23.6 Å². The van der Waals surface area contributed by atoms with Gasteiger partial charge in [-0.05, 0) is 60.2 Å². The third-order valence-corrected chi connectivity index (χ3v) is 14.0. The Morgan fingerprint density at radius 1 is 0.959 bits per heavy atom. The Kier molecular flexibility index (Phi) is 17.1. The normalized spacial score (nSPS) is 25.1. The van der Waals surface area contributed by atoms with Gasteiger partial charge in [-0.15, -0.1) is 0 Å². The van der Waals surface area contributed by atoms with Gasteiger partial charge >= 0.3 is 18.2 Å². The summed E-state index contributed by atoms with van der Waals surface area (Å²) in [5.41, 5.74) is 4.28. The number of rotatable bonds is 13. The van der Waals surface area contributed by atoms with Gasteiger partial charge in [0.05, 0.1) is 38.4 Å². The molecule has 0 spiro atoms. The summed E-state index contributed by atoms with van der Waals surface area (Å²) in [5, 5.41) is 21.6. The maximum absolute atomic E-state index is 14.2. The Bertz CT molecular complexity index is 2630. The van der Waals surface area contributed by atoms with Crippen LogP contribution in [0.2, 0.25) is 5.02 Å². The number of fused-ring (bicyclic) bond motifs is 8. The van der Waals surface area contributed by atoms with Crippen LogP contribution in [-0.4, -0.2) is 149 Å². The van der Waals surface area contributed by atoms with Crippen LogP contribution in [0, 0.1) is 5.92 Å². The highest BCUT2D eigenvalue weighted by molar-refractivity contribution is 6.35. The second-order valence-electron chi connectivity index (χ2n) is 18.5. The number of esters is 1. The van der Waals surface area contributed by atoms with Gasteiger partial charge < -0.3 is 59.3 Å². The van der Waals surface area contributed by atoms with Gasteiger partial charge in [0.25, 0.3) is 0 Å². The monoisotopic (exact) mass is 1030 g/mol. The summed E-state index contributed by atoms with van der Waals surface area (Å²) in [7, 11) is 5.70. The lowest BCUT2D eigenvalue weighted by atomic mass is 9.87. The van der Waals surface area contributed by atoms with Crippen LogP contribution < -0.4 is 30.9 Å². The maximum Gasteiger partial charge on any atom is 0.409 e. The van der Waals surface area contributed by atoms with Crippen molar-refractivity contribution in [3.63, 3.8) is 0 Å². The van der Waals surface area contributed by atoms with Crippen molar-refractivity contribution in [1.29, 1.82) is 0 Å². The summed E-state index contributed by atoms with van der Waals surface area (Å²) in [5.74, 6) is -3.97. The van der Waals surface area contributed by atoms with Gasteiger partial charge in [-0.1, -0.05) is 90.9 Å². The molecule has 0 saturated carbocycles. The average Bonchev–Trinajstić information content (AvgIpc) is 4.11. The first-order valence-corrected chi connectivity index (χ1v) is 24.1. The van der Waals surface area contributed by atoms with Gasteiger partial charge in [-0.25, -0.2) is 14.4 Å². The van der Waals surface area contributed by atoms with Crippen molar-refractivity contribution < 1.29 is 67.1 Å². The molecule has 390 valence electrons. The fourth-order valence-electron chi connectivity index (χ4n) is 9.26. The number of benzene rings is 3. The van der Waals surface area contributed by atoms with E-state index in [1.54, 1.807) is 31.2 Å². The number of nitrogens with one attached hydrogen (secondary N) is 4. The van der Waals surface area contributed by atoms with Crippen LogP contribution in [0.5, 0.6) is 5.75 Å². The predicted octanol–water partition coefficient (Wildman–Crippen LogP) is 3.90. The maximum atomic E-state index is 14.2. The van der Waals surface area contributed by atoms with E-state index in [1.165, 1.54) is 40.1 Å². The number of hydrogen-bond donors (Lipinski definition) is 5. The zero-order valence-electron chi connectivity index (χ0n) is 41.6. The lowest BCUT2D eigenvalue weighted by molar-refractivity contribution is -0.159. The highest BCUT2D eigenvalue weighted by Crippen LogP contribution is 2.45. The number of hydrogen-bond acceptors (Lipinski definition) is 14. The van der Waals surface area contributed by atoms with E-state index in [-0.39, 0.29) is 24.0 Å². The van der Waals surface area contributed by atoms with Crippen molar-refractivity contribution in [2.45, 2.75) is 88.2 Å². The first kappa shape index (κ1) is 53.8. The number of methoxy groups -OCH3 is 2. The molecule has 0 radical (unpaired) electrons. The first-order valence-electron chi connectivity index (χ1n) is 23.8. The van der Waals surface area contributed by atoms with Gasteiger partial charge in [0.1, 0.15) is 54.4 Å². The quantitative estimate of drug-likeness (QED) is 0.0926. The Labute approximate surface area is 427 Å². The molecule has 1 aliphatic carbocycles. The van der Waals surface area contributed by atoms with E-state index in [4.69, 9.17) is 40.0 Å². The molecule has 0 aromatic heterocycles. The molecule has 5 N–H and O–H groups in total. The second-order valence-corrected chi connectivity index (χ2v) is 18.9. The number of amides is 6. The fourth-order valence-corrected chi connectivity index (χ4v) is 9.57. The van der Waals surface area contributed by atoms with Crippen LogP contribution in [0.1, 0.15) is 56.2 Å². The van der Waals surface area contributed by atoms with E-state index in [9.17, 15) is 38.7 Å². The standard InChI is InChI=1S/C52H61ClN6O14/c1-28-13-12-18-41(69-7)52(67)23-40(72-51(66)57-52)29(2)47-48(73-47)39(22-44(62)59(5)37-20-31(19-28)21-38(68-6)46(37)53)71-49(64)30(3)58(4)45(63)26-55-42(60)24-54-43(61)25-56-50(65)70-27-36-34-16-10-8-14-32(34)33-15-9-11-17-35(33)36/h8-18,20-21,29-30,36,39-41,47-48,67H,19,22-27H2,1-7H3,(H,54,61)(H,55,60)(H,56,65)(H,57,66)/b18-12+,28-13+. The zero-order chi connectivity index (χ0) is 52.7. The number of nitrogens with zero attached hydrogens (tertiary/aromatic N) is 2. The molecule has 4 bridgehead atoms. The van der Waals surface area contributed by atoms with E-state index >= 15 is 0 Å². The predicted molar refractivity (Wildman–Crippen MR) is 265 cm³/mol. The van der Waals surface area contributed by atoms with Crippen molar-refractivity contribution in [2.75, 3.05) is 59.5 Å². The molecule has 6 amide bonds. The van der Waals surface area contributed by atoms with Crippen LogP contribution >= 0.6 is 11.6 Å². The lowest BCUT2D eigenvalue weighted by Gasteiger charge is -2.41. The summed E-state index contributed by atoms with van der Waals surface area (Å²) in [4.78, 5) is 94.4. The number of anilines is 1. The lowest BCUT2D eigenvalue weighted by Crippen LogP contribution is -2.63. The van der Waals surface area contributed by atoms with E-state index in [0.717, 1.165) is 38.3 Å². The minimum absolute atomic E-state index is 0.0504. The number of aliphatic hydroxyl groups is 1. The molecule has 8 atom stereocenters. The molecule has 4 aliphatic rings. The summed E-state index contributed by atoms with van der Waals surface area (Å²) >= 11 is 6.77. The van der Waals surface area contributed by atoms with Crippen LogP contribution in [0.4, 0.5) is 15.3 Å². The van der Waals surface area contributed by atoms with Gasteiger partial charge in [0.15, 0.2) is 5.72 Å². The minimum atomic E-state index is -1.88. The number of carbonyl (C=O) groups is 7. The summed E-state index contributed by atoms with van der Waals surface area (Å²) in [6.45, 7) is 3.53. The van der Waals surface area contributed by atoms with E-state index in [0.29, 0.717) is 17.9 Å². The van der Waals surface area contributed by atoms with E-state index < -0.39 is 116 Å². The number of carbonyl (C=O) groups excluding carboxylic acids is 7. The molecular weight excluding hydrogens is 968 g/mol. The molecule has 21 heteroatoms. The van der Waals surface area contributed by atoms with Crippen LogP contribution in [-0.2, 0) is 54.1 Å². The number of halogens is 1. The molecule has 2 fully saturated rings. The molecule has 3 heterocycles. The second kappa shape index (κ2) is 23.3. The van der Waals surface area contributed by atoms with Crippen LogP contribution in [0.15, 0.2) is 84.5 Å². The van der Waals surface area contributed by atoms with Crippen molar-refractivity contribution in [1.82, 2.24) is 26.2 Å². The molecule has 3 aromatic carbocycles. The summed E-state index contributed by atoms with van der Waals surface area (Å²) in [6, 6.07) is 18.0.